The van der Waals surface area contributed by atoms with Gasteiger partial charge in [-0.05, 0) is 48.5 Å². The van der Waals surface area contributed by atoms with Gasteiger partial charge in [0.25, 0.3) is 5.91 Å². The van der Waals surface area contributed by atoms with E-state index in [4.69, 9.17) is 37.1 Å². The molecule has 2 heterocycles. The van der Waals surface area contributed by atoms with Crippen LogP contribution < -0.4 is 14.4 Å². The highest BCUT2D eigenvalue weighted by Gasteiger charge is 2.22. The van der Waals surface area contributed by atoms with E-state index in [2.05, 4.69) is 4.98 Å². The molecule has 30 heavy (non-hydrogen) atoms. The number of benzene rings is 2. The van der Waals surface area contributed by atoms with Crippen molar-refractivity contribution in [1.29, 1.82) is 0 Å². The largest absolute Gasteiger partial charge is 0.497 e. The van der Waals surface area contributed by atoms with Crippen LogP contribution in [0.4, 0.5) is 5.13 Å². The number of rotatable bonds is 7. The zero-order valence-electron chi connectivity index (χ0n) is 15.8. The van der Waals surface area contributed by atoms with Crippen molar-refractivity contribution in [3.63, 3.8) is 0 Å². The summed E-state index contributed by atoms with van der Waals surface area (Å²) in [6, 6.07) is 14.0. The molecular weight excluding hydrogens is 447 g/mol. The Morgan fingerprint density at radius 2 is 2.07 bits per heavy atom. The smallest absolute Gasteiger partial charge is 0.267 e. The Bertz CT molecular complexity index is 1180. The lowest BCUT2D eigenvalue weighted by atomic mass is 10.3. The van der Waals surface area contributed by atoms with E-state index >= 15 is 0 Å². The van der Waals surface area contributed by atoms with E-state index in [1.54, 1.807) is 43.7 Å². The third-order valence-electron chi connectivity index (χ3n) is 4.26. The molecule has 0 spiro atoms. The summed E-state index contributed by atoms with van der Waals surface area (Å²) < 4.78 is 17.2. The molecule has 2 aromatic heterocycles. The van der Waals surface area contributed by atoms with E-state index in [9.17, 15) is 4.79 Å². The number of anilines is 1. The summed E-state index contributed by atoms with van der Waals surface area (Å²) in [4.78, 5) is 19.2. The fraction of sp³-hybridized carbons (Fsp3) is 0.143. The summed E-state index contributed by atoms with van der Waals surface area (Å²) in [5.74, 6) is 1.44. The average Bonchev–Trinajstić information content (AvgIpc) is 3.39. The minimum atomic E-state index is -0.288. The van der Waals surface area contributed by atoms with Crippen molar-refractivity contribution in [3.05, 3.63) is 70.6 Å². The molecule has 2 aromatic carbocycles. The maximum Gasteiger partial charge on any atom is 0.267 e. The predicted octanol–water partition coefficient (Wildman–Crippen LogP) is 5.82. The highest BCUT2D eigenvalue weighted by atomic mass is 35.5. The number of furan rings is 1. The molecule has 6 nitrogen and oxygen atoms in total. The second-order valence-electron chi connectivity index (χ2n) is 6.25. The fourth-order valence-corrected chi connectivity index (χ4v) is 4.24. The predicted molar refractivity (Wildman–Crippen MR) is 118 cm³/mol. The van der Waals surface area contributed by atoms with Crippen LogP contribution in [0.2, 0.25) is 10.0 Å². The van der Waals surface area contributed by atoms with Crippen molar-refractivity contribution >= 4 is 55.8 Å². The average molecular weight is 463 g/mol. The number of hydrogen-bond donors (Lipinski definition) is 0. The van der Waals surface area contributed by atoms with Gasteiger partial charge in [0.15, 0.2) is 11.7 Å². The second-order valence-corrected chi connectivity index (χ2v) is 8.11. The second kappa shape index (κ2) is 8.95. The van der Waals surface area contributed by atoms with Gasteiger partial charge in [0.1, 0.15) is 17.3 Å². The molecule has 0 radical (unpaired) electrons. The standard InChI is InChI=1S/C21H16Cl2N2O4S/c1-27-14-5-6-17-19(10-14)30-21(24-17)25(11-15-3-2-8-28-15)20(26)12-29-18-7-4-13(22)9-16(18)23/h2-10H,11-12H2,1H3. The summed E-state index contributed by atoms with van der Waals surface area (Å²) >= 11 is 13.4. The Labute approximate surface area is 186 Å². The monoisotopic (exact) mass is 462 g/mol. The number of thiazole rings is 1. The Kier molecular flexibility index (Phi) is 6.13. The number of aromatic nitrogens is 1. The number of nitrogens with zero attached hydrogens (tertiary/aromatic N) is 2. The summed E-state index contributed by atoms with van der Waals surface area (Å²) in [7, 11) is 1.61. The van der Waals surface area contributed by atoms with Crippen LogP contribution in [0.1, 0.15) is 5.76 Å². The number of fused-ring (bicyclic) bond motifs is 1. The van der Waals surface area contributed by atoms with Gasteiger partial charge in [0.2, 0.25) is 0 Å². The van der Waals surface area contributed by atoms with Crippen molar-refractivity contribution in [1.82, 2.24) is 4.98 Å². The first-order valence-electron chi connectivity index (χ1n) is 8.88. The molecule has 0 bridgehead atoms. The first-order chi connectivity index (χ1) is 14.5. The number of halogens is 2. The van der Waals surface area contributed by atoms with Crippen LogP contribution >= 0.6 is 34.5 Å². The van der Waals surface area contributed by atoms with Crippen molar-refractivity contribution in [2.45, 2.75) is 6.54 Å². The van der Waals surface area contributed by atoms with E-state index in [1.165, 1.54) is 16.2 Å². The number of carbonyl (C=O) groups is 1. The van der Waals surface area contributed by atoms with Crippen molar-refractivity contribution in [2.75, 3.05) is 18.6 Å². The molecule has 4 rings (SSSR count). The molecule has 0 N–H and O–H groups in total. The molecule has 0 aliphatic rings. The van der Waals surface area contributed by atoms with Gasteiger partial charge in [0.05, 0.1) is 35.2 Å². The summed E-state index contributed by atoms with van der Waals surface area (Å²) in [6.45, 7) is 0.00179. The van der Waals surface area contributed by atoms with Gasteiger partial charge in [-0.15, -0.1) is 0 Å². The molecule has 1 amide bonds. The fourth-order valence-electron chi connectivity index (χ4n) is 2.77. The minimum Gasteiger partial charge on any atom is -0.497 e. The number of methoxy groups -OCH3 is 1. The molecule has 0 fully saturated rings. The molecule has 9 heteroatoms. The molecule has 154 valence electrons. The van der Waals surface area contributed by atoms with Crippen LogP contribution in [-0.4, -0.2) is 24.6 Å². The lowest BCUT2D eigenvalue weighted by Gasteiger charge is -2.19. The maximum atomic E-state index is 13.1. The molecule has 0 aliphatic carbocycles. The molecule has 0 unspecified atom stereocenters. The van der Waals surface area contributed by atoms with Gasteiger partial charge in [-0.1, -0.05) is 34.5 Å². The Balaban J connectivity index is 1.59. The van der Waals surface area contributed by atoms with Crippen molar-refractivity contribution in [2.24, 2.45) is 0 Å². The quantitative estimate of drug-likeness (QED) is 0.346. The van der Waals surface area contributed by atoms with Crippen molar-refractivity contribution < 1.29 is 18.7 Å². The van der Waals surface area contributed by atoms with Gasteiger partial charge in [-0.3, -0.25) is 9.69 Å². The SMILES string of the molecule is COc1ccc2nc(N(Cc3ccco3)C(=O)COc3ccc(Cl)cc3Cl)sc2c1. The maximum absolute atomic E-state index is 13.1. The van der Waals surface area contributed by atoms with Crippen LogP contribution in [0.3, 0.4) is 0 Å². The van der Waals surface area contributed by atoms with Crippen LogP contribution in [-0.2, 0) is 11.3 Å². The van der Waals surface area contributed by atoms with Gasteiger partial charge < -0.3 is 13.9 Å². The third-order valence-corrected chi connectivity index (χ3v) is 5.83. The normalized spacial score (nSPS) is 10.9. The Morgan fingerprint density at radius 1 is 1.20 bits per heavy atom. The Morgan fingerprint density at radius 3 is 2.80 bits per heavy atom. The lowest BCUT2D eigenvalue weighted by molar-refractivity contribution is -0.120. The molecule has 0 saturated heterocycles. The minimum absolute atomic E-state index is 0.221. The van der Waals surface area contributed by atoms with Gasteiger partial charge >= 0.3 is 0 Å². The Hall–Kier alpha value is -2.74. The van der Waals surface area contributed by atoms with Crippen LogP contribution in [0, 0.1) is 0 Å². The zero-order valence-corrected chi connectivity index (χ0v) is 18.1. The zero-order chi connectivity index (χ0) is 21.1. The van der Waals surface area contributed by atoms with E-state index in [0.717, 1.165) is 16.0 Å². The van der Waals surface area contributed by atoms with Crippen LogP contribution in [0.5, 0.6) is 11.5 Å². The van der Waals surface area contributed by atoms with E-state index in [-0.39, 0.29) is 19.1 Å². The van der Waals surface area contributed by atoms with Gasteiger partial charge in [0, 0.05) is 5.02 Å². The van der Waals surface area contributed by atoms with Gasteiger partial charge in [-0.25, -0.2) is 4.98 Å². The number of carbonyl (C=O) groups excluding carboxylic acids is 1. The molecule has 0 saturated carbocycles. The molecule has 4 aromatic rings. The first-order valence-corrected chi connectivity index (χ1v) is 10.5. The first kappa shape index (κ1) is 20.5. The topological polar surface area (TPSA) is 64.8 Å². The van der Waals surface area contributed by atoms with E-state index in [0.29, 0.717) is 26.7 Å². The molecular formula is C21H16Cl2N2O4S. The summed E-state index contributed by atoms with van der Waals surface area (Å²) in [5, 5.41) is 1.36. The third kappa shape index (κ3) is 4.53. The number of hydrogen-bond acceptors (Lipinski definition) is 6. The molecule has 0 aliphatic heterocycles. The van der Waals surface area contributed by atoms with E-state index in [1.807, 2.05) is 18.2 Å². The van der Waals surface area contributed by atoms with E-state index < -0.39 is 0 Å². The van der Waals surface area contributed by atoms with Gasteiger partial charge in [-0.2, -0.15) is 0 Å². The van der Waals surface area contributed by atoms with Crippen LogP contribution in [0.15, 0.2) is 59.2 Å². The summed E-state index contributed by atoms with van der Waals surface area (Å²) in [5.41, 5.74) is 0.773. The highest BCUT2D eigenvalue weighted by Crippen LogP contribution is 2.33. The van der Waals surface area contributed by atoms with Crippen molar-refractivity contribution in [3.8, 4) is 11.5 Å². The molecule has 0 atom stereocenters. The van der Waals surface area contributed by atoms with Crippen LogP contribution in [0.25, 0.3) is 10.2 Å². The lowest BCUT2D eigenvalue weighted by Crippen LogP contribution is -2.34. The number of amides is 1. The summed E-state index contributed by atoms with van der Waals surface area (Å²) in [6.07, 6.45) is 1.56. The highest BCUT2D eigenvalue weighted by molar-refractivity contribution is 7.22. The number of ether oxygens (including phenoxy) is 2.